The van der Waals surface area contributed by atoms with Crippen molar-refractivity contribution < 1.29 is 4.39 Å². The summed E-state index contributed by atoms with van der Waals surface area (Å²) >= 11 is 0. The number of nitrogens with one attached hydrogen (secondary N) is 1. The molecule has 2 aromatic rings. The average molecular weight is 283 g/mol. The molecule has 1 nitrogen and oxygen atoms in total. The third kappa shape index (κ3) is 3.44. The minimum absolute atomic E-state index is 0.129. The fourth-order valence-corrected chi connectivity index (χ4v) is 3.06. The van der Waals surface area contributed by atoms with E-state index in [1.165, 1.54) is 23.7 Å². The Morgan fingerprint density at radius 3 is 2.52 bits per heavy atom. The second-order valence-electron chi connectivity index (χ2n) is 6.01. The van der Waals surface area contributed by atoms with E-state index in [4.69, 9.17) is 0 Å². The van der Waals surface area contributed by atoms with Gasteiger partial charge in [-0.2, -0.15) is 0 Å². The van der Waals surface area contributed by atoms with Crippen LogP contribution in [0.1, 0.15) is 43.2 Å². The molecule has 1 aliphatic carbocycles. The molecule has 0 aromatic heterocycles. The number of hydrogen-bond donors (Lipinski definition) is 1. The molecular weight excluding hydrogens is 261 g/mol. The first kappa shape index (κ1) is 14.1. The van der Waals surface area contributed by atoms with Crippen LogP contribution in [0, 0.1) is 5.82 Å². The molecule has 0 spiro atoms. The fraction of sp³-hybridized carbons (Fsp3) is 0.368. The van der Waals surface area contributed by atoms with Gasteiger partial charge in [-0.05, 0) is 60.6 Å². The predicted octanol–water partition coefficient (Wildman–Crippen LogP) is 5.14. The number of benzene rings is 2. The maximum Gasteiger partial charge on any atom is 0.123 e. The van der Waals surface area contributed by atoms with Gasteiger partial charge in [-0.15, -0.1) is 0 Å². The minimum atomic E-state index is -0.129. The molecular formula is C19H22FN. The predicted molar refractivity (Wildman–Crippen MR) is 86.2 cm³/mol. The van der Waals surface area contributed by atoms with Gasteiger partial charge < -0.3 is 5.32 Å². The summed E-state index contributed by atoms with van der Waals surface area (Å²) in [6.07, 6.45) is 4.50. The van der Waals surface area contributed by atoms with Gasteiger partial charge in [0.15, 0.2) is 0 Å². The van der Waals surface area contributed by atoms with Crippen molar-refractivity contribution in [3.8, 4) is 0 Å². The van der Waals surface area contributed by atoms with Gasteiger partial charge >= 0.3 is 0 Å². The second-order valence-corrected chi connectivity index (χ2v) is 6.01. The van der Waals surface area contributed by atoms with Crippen LogP contribution in [0.25, 0.3) is 0 Å². The first-order chi connectivity index (χ1) is 10.2. The summed E-state index contributed by atoms with van der Waals surface area (Å²) in [6.45, 7) is 2.20. The maximum absolute atomic E-state index is 13.2. The van der Waals surface area contributed by atoms with Gasteiger partial charge in [0.05, 0.1) is 0 Å². The Bertz CT molecular complexity index is 585. The standard InChI is InChI=1S/C19H22FN/c1-2-4-14-7-9-18(10-8-14)21-19-12-16(13-19)15-5-3-6-17(20)11-15/h3,5-11,16,19,21H,2,4,12-13H2,1H3. The van der Waals surface area contributed by atoms with Crippen molar-refractivity contribution in [3.05, 3.63) is 65.5 Å². The van der Waals surface area contributed by atoms with Gasteiger partial charge in [0.1, 0.15) is 5.82 Å². The van der Waals surface area contributed by atoms with E-state index < -0.39 is 0 Å². The Morgan fingerprint density at radius 1 is 1.10 bits per heavy atom. The summed E-state index contributed by atoms with van der Waals surface area (Å²) in [5.74, 6) is 0.369. The number of hydrogen-bond acceptors (Lipinski definition) is 1. The van der Waals surface area contributed by atoms with E-state index in [9.17, 15) is 4.39 Å². The van der Waals surface area contributed by atoms with Crippen LogP contribution in [-0.2, 0) is 6.42 Å². The molecule has 1 N–H and O–H groups in total. The molecule has 0 bridgehead atoms. The highest BCUT2D eigenvalue weighted by Crippen LogP contribution is 2.38. The first-order valence-corrected chi connectivity index (χ1v) is 7.85. The molecule has 0 unspecified atom stereocenters. The summed E-state index contributed by atoms with van der Waals surface area (Å²) in [7, 11) is 0. The molecule has 3 rings (SSSR count). The number of rotatable bonds is 5. The van der Waals surface area contributed by atoms with Gasteiger partial charge in [0.2, 0.25) is 0 Å². The highest BCUT2D eigenvalue weighted by molar-refractivity contribution is 5.46. The van der Waals surface area contributed by atoms with Crippen LogP contribution in [0.5, 0.6) is 0 Å². The van der Waals surface area contributed by atoms with Gasteiger partial charge in [-0.3, -0.25) is 0 Å². The summed E-state index contributed by atoms with van der Waals surface area (Å²) < 4.78 is 13.2. The summed E-state index contributed by atoms with van der Waals surface area (Å²) in [5, 5.41) is 3.57. The van der Waals surface area contributed by atoms with Gasteiger partial charge in [-0.25, -0.2) is 4.39 Å². The van der Waals surface area contributed by atoms with Crippen molar-refractivity contribution in [1.29, 1.82) is 0 Å². The zero-order valence-electron chi connectivity index (χ0n) is 12.5. The monoisotopic (exact) mass is 283 g/mol. The quantitative estimate of drug-likeness (QED) is 0.801. The minimum Gasteiger partial charge on any atom is -0.382 e. The topological polar surface area (TPSA) is 12.0 Å². The van der Waals surface area contributed by atoms with Crippen LogP contribution >= 0.6 is 0 Å². The molecule has 2 heteroatoms. The van der Waals surface area contributed by atoms with E-state index in [1.54, 1.807) is 12.1 Å². The van der Waals surface area contributed by atoms with E-state index >= 15 is 0 Å². The Hall–Kier alpha value is -1.83. The normalized spacial score (nSPS) is 20.9. The smallest absolute Gasteiger partial charge is 0.123 e. The Kier molecular flexibility index (Phi) is 4.23. The van der Waals surface area contributed by atoms with Gasteiger partial charge in [0, 0.05) is 11.7 Å². The molecule has 1 aliphatic rings. The van der Waals surface area contributed by atoms with E-state index in [1.807, 2.05) is 6.07 Å². The summed E-state index contributed by atoms with van der Waals surface area (Å²) in [6, 6.07) is 16.3. The van der Waals surface area contributed by atoms with E-state index in [0.29, 0.717) is 12.0 Å². The fourth-order valence-electron chi connectivity index (χ4n) is 3.06. The van der Waals surface area contributed by atoms with E-state index in [0.717, 1.165) is 24.8 Å². The van der Waals surface area contributed by atoms with Crippen molar-refractivity contribution in [1.82, 2.24) is 0 Å². The van der Waals surface area contributed by atoms with Crippen LogP contribution in [0.2, 0.25) is 0 Å². The van der Waals surface area contributed by atoms with Crippen molar-refractivity contribution >= 4 is 5.69 Å². The molecule has 2 aromatic carbocycles. The number of halogens is 1. The maximum atomic E-state index is 13.2. The van der Waals surface area contributed by atoms with Crippen LogP contribution in [-0.4, -0.2) is 6.04 Å². The van der Waals surface area contributed by atoms with Gasteiger partial charge in [0.25, 0.3) is 0 Å². The third-order valence-electron chi connectivity index (χ3n) is 4.32. The molecule has 0 saturated heterocycles. The highest BCUT2D eigenvalue weighted by Gasteiger charge is 2.30. The van der Waals surface area contributed by atoms with Gasteiger partial charge in [-0.1, -0.05) is 37.6 Å². The Morgan fingerprint density at radius 2 is 1.86 bits per heavy atom. The second kappa shape index (κ2) is 6.30. The molecule has 0 radical (unpaired) electrons. The van der Waals surface area contributed by atoms with Crippen molar-refractivity contribution in [3.63, 3.8) is 0 Å². The first-order valence-electron chi connectivity index (χ1n) is 7.85. The van der Waals surface area contributed by atoms with Crippen LogP contribution in [0.4, 0.5) is 10.1 Å². The molecule has 0 atom stereocenters. The lowest BCUT2D eigenvalue weighted by atomic mass is 9.76. The molecule has 21 heavy (non-hydrogen) atoms. The lowest BCUT2D eigenvalue weighted by Gasteiger charge is -2.37. The third-order valence-corrected chi connectivity index (χ3v) is 4.32. The lowest BCUT2D eigenvalue weighted by molar-refractivity contribution is 0.373. The van der Waals surface area contributed by atoms with Crippen molar-refractivity contribution in [2.75, 3.05) is 5.32 Å². The summed E-state index contributed by atoms with van der Waals surface area (Å²) in [4.78, 5) is 0. The van der Waals surface area contributed by atoms with E-state index in [-0.39, 0.29) is 5.82 Å². The SMILES string of the molecule is CCCc1ccc(NC2CC(c3cccc(F)c3)C2)cc1. The number of anilines is 1. The molecule has 1 saturated carbocycles. The van der Waals surface area contributed by atoms with Crippen LogP contribution < -0.4 is 5.32 Å². The molecule has 110 valence electrons. The summed E-state index contributed by atoms with van der Waals surface area (Å²) in [5.41, 5.74) is 3.72. The van der Waals surface area contributed by atoms with Crippen molar-refractivity contribution in [2.45, 2.75) is 44.6 Å². The Balaban J connectivity index is 1.52. The highest BCUT2D eigenvalue weighted by atomic mass is 19.1. The molecule has 0 amide bonds. The largest absolute Gasteiger partial charge is 0.382 e. The molecule has 0 heterocycles. The lowest BCUT2D eigenvalue weighted by Crippen LogP contribution is -2.34. The van der Waals surface area contributed by atoms with E-state index in [2.05, 4.69) is 36.5 Å². The molecule has 1 fully saturated rings. The molecule has 0 aliphatic heterocycles. The number of aryl methyl sites for hydroxylation is 1. The van der Waals surface area contributed by atoms with Crippen LogP contribution in [0.3, 0.4) is 0 Å². The zero-order chi connectivity index (χ0) is 14.7. The zero-order valence-corrected chi connectivity index (χ0v) is 12.5. The average Bonchev–Trinajstić information content (AvgIpc) is 2.44. The van der Waals surface area contributed by atoms with Crippen molar-refractivity contribution in [2.24, 2.45) is 0 Å². The van der Waals surface area contributed by atoms with Crippen LogP contribution in [0.15, 0.2) is 48.5 Å². The Labute approximate surface area is 126 Å².